The number of nitrogens with two attached hydrogens (primary N) is 2. The number of rotatable bonds is 33. The molecule has 4 aromatic carbocycles. The number of likely N-dealkylation sites (tertiary alicyclic amines) is 1. The van der Waals surface area contributed by atoms with Gasteiger partial charge in [0.25, 0.3) is 0 Å². The van der Waals surface area contributed by atoms with Gasteiger partial charge >= 0.3 is 5.97 Å². The van der Waals surface area contributed by atoms with E-state index in [0.717, 1.165) is 0 Å². The number of aliphatic carboxylic acids is 1. The van der Waals surface area contributed by atoms with Crippen molar-refractivity contribution in [1.82, 2.24) is 57.1 Å². The van der Waals surface area contributed by atoms with Crippen LogP contribution in [0.5, 0.6) is 11.5 Å². The van der Waals surface area contributed by atoms with Crippen LogP contribution in [-0.4, -0.2) is 168 Å². The highest BCUT2D eigenvalue weighted by Gasteiger charge is 2.41. The van der Waals surface area contributed by atoms with E-state index in [1.165, 1.54) is 66.0 Å². The van der Waals surface area contributed by atoms with E-state index < -0.39 is 114 Å². The van der Waals surface area contributed by atoms with Crippen LogP contribution in [0.2, 0.25) is 0 Å². The lowest BCUT2D eigenvalue weighted by Crippen LogP contribution is -2.61. The largest absolute Gasteiger partial charge is 0.508 e. The minimum atomic E-state index is -1.78. The third-order valence-corrected chi connectivity index (χ3v) is 15.5. The number of carbonyl (C=O) groups is 9. The molecule has 0 radical (unpaired) electrons. The van der Waals surface area contributed by atoms with Gasteiger partial charge in [-0.25, -0.2) is 9.78 Å². The van der Waals surface area contributed by atoms with Crippen LogP contribution in [0, 0.1) is 5.92 Å². The topological polar surface area (TPSA) is 419 Å². The number of aromatic amines is 2. The van der Waals surface area contributed by atoms with E-state index in [9.17, 15) is 63.6 Å². The Bertz CT molecular complexity index is 3380. The number of phenolic OH excluding ortho intramolecular Hbond substituents is 2. The van der Waals surface area contributed by atoms with Crippen LogP contribution in [0.15, 0.2) is 122 Å². The quantitative estimate of drug-likeness (QED) is 0.0253. The predicted octanol–water partition coefficient (Wildman–Crippen LogP) is 0.779. The second kappa shape index (κ2) is 33.1. The van der Waals surface area contributed by atoms with E-state index in [0.29, 0.717) is 64.7 Å². The standard InChI is InChI=1S/C64H81N13O13/c1-37(2)27-49(71-56(81)46(66)32-42-34-67-36-69-42)57(82)75-53(30-38-11-4-3-5-12-38)63(88)77-26-10-16-55(77)62(87)74-51(29-40-19-23-44(80)24-20-40)59(84)76-54(35-78)61(86)73-52(31-41-33-68-47-14-7-6-13-45(41)47)60(85)72-50(28-39-17-21-43(79)22-18-39)58(83)70-48(64(89)90)15-8-9-25-65/h3-7,11-14,17-24,33-34,36-37,46,48-55,68,78-80H,8-10,15-16,25-32,35,65-66H2,1-2H3,(H,67,69)(H,70,83)(H,71,81)(H,72,85)(H,73,86)(H,74,87)(H,75,82)(H,76,84)(H,89,90)/t46-,48-,49-,50-,51-,52-,53-,54-,55-/m0/s1. The van der Waals surface area contributed by atoms with Crippen LogP contribution in [0.4, 0.5) is 0 Å². The SMILES string of the molecule is CC(C)C[C@H](NC(=O)[C@@H](N)Cc1cnc[nH]1)C(=O)N[C@@H](Cc1ccccc1)C(=O)N1CCC[C@H]1C(=O)N[C@@H](Cc1ccc(O)cc1)C(=O)N[C@@H](CO)C(=O)N[C@@H](Cc1c[nH]c2ccccc12)C(=O)N[C@@H](Cc1ccc(O)cc1)C(=O)N[C@@H](CCCCN)C(=O)O. The average Bonchev–Trinajstić information content (AvgIpc) is 3.47. The van der Waals surface area contributed by atoms with Crippen molar-refractivity contribution in [3.8, 4) is 11.5 Å². The molecule has 17 N–H and O–H groups in total. The number of aliphatic hydroxyl groups excluding tert-OH is 1. The average molecular weight is 1240 g/mol. The molecule has 1 aliphatic heterocycles. The molecule has 6 aromatic rings. The number of benzene rings is 4. The number of H-pyrrole nitrogens is 2. The normalized spacial score (nSPS) is 15.7. The number of nitrogens with zero attached hydrogens (tertiary/aromatic N) is 2. The molecule has 0 unspecified atom stereocenters. The van der Waals surface area contributed by atoms with Crippen molar-refractivity contribution in [1.29, 1.82) is 0 Å². The van der Waals surface area contributed by atoms with Gasteiger partial charge in [-0.2, -0.15) is 0 Å². The number of hydrogen-bond donors (Lipinski definition) is 15. The van der Waals surface area contributed by atoms with Crippen LogP contribution >= 0.6 is 0 Å². The molecule has 26 heteroatoms. The fraction of sp³-hybridized carbons (Fsp3) is 0.406. The van der Waals surface area contributed by atoms with Gasteiger partial charge in [-0.3, -0.25) is 38.4 Å². The number of carbonyl (C=O) groups excluding carboxylic acids is 8. The molecule has 0 bridgehead atoms. The van der Waals surface area contributed by atoms with E-state index in [1.807, 2.05) is 13.8 Å². The number of hydrogen-bond acceptors (Lipinski definition) is 15. The summed E-state index contributed by atoms with van der Waals surface area (Å²) in [6.07, 6.45) is 5.70. The smallest absolute Gasteiger partial charge is 0.326 e. The highest BCUT2D eigenvalue weighted by atomic mass is 16.4. The summed E-state index contributed by atoms with van der Waals surface area (Å²) in [6.45, 7) is 3.09. The number of fused-ring (bicyclic) bond motifs is 1. The summed E-state index contributed by atoms with van der Waals surface area (Å²) in [7, 11) is 0. The molecule has 0 spiro atoms. The lowest BCUT2D eigenvalue weighted by atomic mass is 10.00. The molecule has 7 rings (SSSR count). The number of phenols is 2. The zero-order chi connectivity index (χ0) is 64.9. The zero-order valence-corrected chi connectivity index (χ0v) is 50.2. The highest BCUT2D eigenvalue weighted by Crippen LogP contribution is 2.23. The lowest BCUT2D eigenvalue weighted by molar-refractivity contribution is -0.142. The monoisotopic (exact) mass is 1240 g/mol. The number of imidazole rings is 1. The maximum Gasteiger partial charge on any atom is 0.326 e. The summed E-state index contributed by atoms with van der Waals surface area (Å²) in [6, 6.07) is 15.4. The molecule has 0 saturated carbocycles. The minimum absolute atomic E-state index is 0.00235. The van der Waals surface area contributed by atoms with Gasteiger partial charge in [0, 0.05) is 67.6 Å². The van der Waals surface area contributed by atoms with Crippen molar-refractivity contribution in [3.63, 3.8) is 0 Å². The van der Waals surface area contributed by atoms with Crippen molar-refractivity contribution in [2.75, 3.05) is 19.7 Å². The van der Waals surface area contributed by atoms with Crippen LogP contribution in [0.25, 0.3) is 10.9 Å². The van der Waals surface area contributed by atoms with Crippen molar-refractivity contribution in [2.45, 2.75) is 139 Å². The number of para-hydroxylation sites is 1. The van der Waals surface area contributed by atoms with Gasteiger partial charge in [-0.15, -0.1) is 0 Å². The second-order valence-corrected chi connectivity index (χ2v) is 22.9. The minimum Gasteiger partial charge on any atom is -0.508 e. The number of carboxylic acids is 1. The Morgan fingerprint density at radius 3 is 1.71 bits per heavy atom. The summed E-state index contributed by atoms with van der Waals surface area (Å²) in [4.78, 5) is 139. The molecule has 9 atom stereocenters. The summed E-state index contributed by atoms with van der Waals surface area (Å²) in [5.74, 6) is -8.01. The van der Waals surface area contributed by atoms with Crippen molar-refractivity contribution in [3.05, 3.63) is 150 Å². The van der Waals surface area contributed by atoms with Gasteiger partial charge < -0.3 is 84.0 Å². The van der Waals surface area contributed by atoms with Crippen LogP contribution < -0.4 is 48.7 Å². The lowest BCUT2D eigenvalue weighted by Gasteiger charge is -2.31. The molecular formula is C64H81N13O13. The van der Waals surface area contributed by atoms with Gasteiger partial charge in [-0.05, 0) is 104 Å². The Balaban J connectivity index is 1.11. The van der Waals surface area contributed by atoms with Gasteiger partial charge in [0.2, 0.25) is 47.3 Å². The summed E-state index contributed by atoms with van der Waals surface area (Å²) >= 11 is 0. The van der Waals surface area contributed by atoms with Gasteiger partial charge in [0.1, 0.15) is 59.8 Å². The molecule has 0 aliphatic carbocycles. The van der Waals surface area contributed by atoms with E-state index >= 15 is 0 Å². The van der Waals surface area contributed by atoms with E-state index in [-0.39, 0.29) is 75.3 Å². The molecule has 90 heavy (non-hydrogen) atoms. The number of unbranched alkanes of at least 4 members (excludes halogenated alkanes) is 1. The number of aromatic nitrogens is 3. The van der Waals surface area contributed by atoms with E-state index in [4.69, 9.17) is 11.5 Å². The first-order valence-corrected chi connectivity index (χ1v) is 30.0. The molecule has 2 aromatic heterocycles. The second-order valence-electron chi connectivity index (χ2n) is 22.9. The summed E-state index contributed by atoms with van der Waals surface area (Å²) < 4.78 is 0. The maximum absolute atomic E-state index is 14.9. The molecule has 480 valence electrons. The van der Waals surface area contributed by atoms with Crippen LogP contribution in [0.1, 0.15) is 80.3 Å². The Hall–Kier alpha value is -9.66. The van der Waals surface area contributed by atoms with Gasteiger partial charge in [0.05, 0.1) is 19.0 Å². The molecule has 8 amide bonds. The third-order valence-electron chi connectivity index (χ3n) is 15.5. The number of carboxylic acid groups (broad SMARTS) is 1. The molecule has 3 heterocycles. The van der Waals surface area contributed by atoms with Crippen molar-refractivity contribution >= 4 is 64.1 Å². The summed E-state index contributed by atoms with van der Waals surface area (Å²) in [5.41, 5.74) is 15.3. The highest BCUT2D eigenvalue weighted by molar-refractivity contribution is 5.99. The van der Waals surface area contributed by atoms with Crippen molar-refractivity contribution < 1.29 is 63.6 Å². The number of aromatic hydroxyl groups is 2. The molecule has 1 saturated heterocycles. The number of amides is 8. The zero-order valence-electron chi connectivity index (χ0n) is 50.2. The molecule has 26 nitrogen and oxygen atoms in total. The Labute approximate surface area is 520 Å². The molecular weight excluding hydrogens is 1160 g/mol. The Morgan fingerprint density at radius 1 is 0.600 bits per heavy atom. The van der Waals surface area contributed by atoms with Gasteiger partial charge in [0.15, 0.2) is 0 Å². The third kappa shape index (κ3) is 19.7. The van der Waals surface area contributed by atoms with Gasteiger partial charge in [-0.1, -0.05) is 86.6 Å². The Kier molecular flexibility index (Phi) is 24.9. The first-order valence-electron chi connectivity index (χ1n) is 30.0. The first-order chi connectivity index (χ1) is 43.2. The fourth-order valence-corrected chi connectivity index (χ4v) is 10.7. The first kappa shape index (κ1) is 67.8. The Morgan fingerprint density at radius 2 is 1.12 bits per heavy atom. The van der Waals surface area contributed by atoms with E-state index in [2.05, 4.69) is 52.2 Å². The van der Waals surface area contributed by atoms with Crippen LogP contribution in [0.3, 0.4) is 0 Å². The summed E-state index contributed by atoms with van der Waals surface area (Å²) in [5, 5.41) is 60.4. The molecule has 1 aliphatic rings. The van der Waals surface area contributed by atoms with E-state index in [1.54, 1.807) is 60.8 Å². The number of nitrogens with one attached hydrogen (secondary N) is 9. The predicted molar refractivity (Wildman–Crippen MR) is 331 cm³/mol. The molecule has 1 fully saturated rings. The number of aliphatic hydroxyl groups is 1. The fourth-order valence-electron chi connectivity index (χ4n) is 10.7. The van der Waals surface area contributed by atoms with Crippen LogP contribution in [-0.2, 0) is 75.3 Å². The van der Waals surface area contributed by atoms with Crippen molar-refractivity contribution in [2.24, 2.45) is 17.4 Å². The maximum atomic E-state index is 14.9.